The quantitative estimate of drug-likeness (QED) is 0.449. The van der Waals surface area contributed by atoms with Crippen LogP contribution in [0.15, 0.2) is 24.3 Å². The first-order chi connectivity index (χ1) is 14.3. The van der Waals surface area contributed by atoms with Crippen molar-refractivity contribution in [3.05, 3.63) is 35.5 Å². The Morgan fingerprint density at radius 2 is 1.76 bits per heavy atom. The summed E-state index contributed by atoms with van der Waals surface area (Å²) in [5, 5.41) is 4.61. The van der Waals surface area contributed by atoms with Gasteiger partial charge >= 0.3 is 0 Å². The summed E-state index contributed by atoms with van der Waals surface area (Å²) in [7, 11) is 1.97. The predicted octanol–water partition coefficient (Wildman–Crippen LogP) is 5.73. The zero-order valence-electron chi connectivity index (χ0n) is 18.4. The Labute approximate surface area is 176 Å². The number of likely N-dealkylation sites (N-methyl/N-ethyl adjacent to an activating group) is 1. The fourth-order valence-electron chi connectivity index (χ4n) is 4.75. The third-order valence-electron chi connectivity index (χ3n) is 6.37. The van der Waals surface area contributed by atoms with Crippen LogP contribution in [0, 0.1) is 0 Å². The van der Waals surface area contributed by atoms with E-state index in [1.165, 1.54) is 73.5 Å². The van der Waals surface area contributed by atoms with E-state index < -0.39 is 0 Å². The van der Waals surface area contributed by atoms with Gasteiger partial charge in [0, 0.05) is 36.1 Å². The normalized spacial score (nSPS) is 16.3. The molecule has 0 saturated heterocycles. The van der Waals surface area contributed by atoms with Crippen LogP contribution >= 0.6 is 0 Å². The van der Waals surface area contributed by atoms with Gasteiger partial charge in [-0.15, -0.1) is 0 Å². The third-order valence-corrected chi connectivity index (χ3v) is 6.37. The molecule has 1 unspecified atom stereocenters. The molecule has 2 aromatic rings. The molecule has 0 fully saturated rings. The first-order valence-corrected chi connectivity index (χ1v) is 11.8. The Bertz CT molecular complexity index is 767. The van der Waals surface area contributed by atoms with E-state index >= 15 is 0 Å². The lowest BCUT2D eigenvalue weighted by atomic mass is 9.96. The average molecular weight is 398 g/mol. The fraction of sp³-hybridized carbons (Fsp3) is 0.640. The maximum Gasteiger partial charge on any atom is 0.223 e. The molecule has 1 aliphatic heterocycles. The van der Waals surface area contributed by atoms with Crippen molar-refractivity contribution in [2.75, 3.05) is 20.1 Å². The number of aromatic amines is 1. The summed E-state index contributed by atoms with van der Waals surface area (Å²) in [6, 6.07) is 8.62. The number of carbonyl (C=O) groups is 1. The van der Waals surface area contributed by atoms with Gasteiger partial charge in [-0.05, 0) is 31.5 Å². The highest BCUT2D eigenvalue weighted by atomic mass is 16.2. The molecule has 1 atom stereocenters. The largest absolute Gasteiger partial charge is 0.356 e. The van der Waals surface area contributed by atoms with Crippen LogP contribution in [-0.4, -0.2) is 35.9 Å². The summed E-state index contributed by atoms with van der Waals surface area (Å²) in [4.78, 5) is 18.7. The number of nitrogens with zero attached hydrogens (tertiary/aromatic N) is 1. The van der Waals surface area contributed by atoms with Gasteiger partial charge in [0.05, 0.1) is 6.04 Å². The first kappa shape index (κ1) is 21.9. The second-order valence-electron chi connectivity index (χ2n) is 8.55. The monoisotopic (exact) mass is 397 g/mol. The highest BCUT2D eigenvalue weighted by molar-refractivity contribution is 5.86. The maximum absolute atomic E-state index is 13.0. The lowest BCUT2D eigenvalue weighted by molar-refractivity contribution is -0.134. The molecule has 0 radical (unpaired) electrons. The molecule has 1 aliphatic rings. The number of hydrogen-bond donors (Lipinski definition) is 2. The van der Waals surface area contributed by atoms with Crippen molar-refractivity contribution in [2.24, 2.45) is 0 Å². The predicted molar refractivity (Wildman–Crippen MR) is 122 cm³/mol. The lowest BCUT2D eigenvalue weighted by Crippen LogP contribution is -2.43. The third kappa shape index (κ3) is 5.63. The highest BCUT2D eigenvalue weighted by Crippen LogP contribution is 2.34. The van der Waals surface area contributed by atoms with Crippen LogP contribution in [0.5, 0.6) is 0 Å². The minimum Gasteiger partial charge on any atom is -0.356 e. The van der Waals surface area contributed by atoms with Gasteiger partial charge in [-0.1, -0.05) is 76.5 Å². The van der Waals surface area contributed by atoms with Gasteiger partial charge in [-0.3, -0.25) is 4.79 Å². The Morgan fingerprint density at radius 3 is 2.48 bits per heavy atom. The van der Waals surface area contributed by atoms with Gasteiger partial charge in [0.2, 0.25) is 5.91 Å². The zero-order chi connectivity index (χ0) is 20.5. The number of fused-ring (bicyclic) bond motifs is 3. The molecular formula is C25H39N3O. The molecule has 0 bridgehead atoms. The Hall–Kier alpha value is -1.81. The maximum atomic E-state index is 13.0. The van der Waals surface area contributed by atoms with Crippen LogP contribution in [0.4, 0.5) is 0 Å². The molecule has 1 aromatic heterocycles. The number of carbonyl (C=O) groups excluding carboxylic acids is 1. The zero-order valence-corrected chi connectivity index (χ0v) is 18.4. The molecule has 4 heteroatoms. The molecule has 1 amide bonds. The SMILES string of the molecule is CCCCCCCCCCCC(=O)N1CCc2c([nH]c3ccccc23)C1CNC. The topological polar surface area (TPSA) is 48.1 Å². The van der Waals surface area contributed by atoms with Crippen LogP contribution in [0.2, 0.25) is 0 Å². The lowest BCUT2D eigenvalue weighted by Gasteiger charge is -2.36. The Kier molecular flexibility index (Phi) is 8.60. The highest BCUT2D eigenvalue weighted by Gasteiger charge is 2.32. The number of H-pyrrole nitrogens is 1. The van der Waals surface area contributed by atoms with Crippen LogP contribution in [0.1, 0.15) is 88.4 Å². The standard InChI is InChI=1S/C25H39N3O/c1-3-4-5-6-7-8-9-10-11-16-24(29)28-18-17-21-20-14-12-13-15-22(20)27-25(21)23(28)19-26-2/h12-15,23,26-27H,3-11,16-19H2,1-2H3. The average Bonchev–Trinajstić information content (AvgIpc) is 3.12. The van der Waals surface area contributed by atoms with E-state index in [-0.39, 0.29) is 6.04 Å². The minimum atomic E-state index is 0.113. The number of nitrogens with one attached hydrogen (secondary N) is 2. The van der Waals surface area contributed by atoms with Crippen LogP contribution in [-0.2, 0) is 11.2 Å². The van der Waals surface area contributed by atoms with E-state index in [1.54, 1.807) is 0 Å². The molecule has 0 spiro atoms. The van der Waals surface area contributed by atoms with Crippen LogP contribution in [0.3, 0.4) is 0 Å². The number of benzene rings is 1. The van der Waals surface area contributed by atoms with E-state index in [4.69, 9.17) is 0 Å². The van der Waals surface area contributed by atoms with Gasteiger partial charge in [-0.25, -0.2) is 0 Å². The summed E-state index contributed by atoms with van der Waals surface area (Å²) in [5.41, 5.74) is 3.81. The van der Waals surface area contributed by atoms with Crippen molar-refractivity contribution in [1.82, 2.24) is 15.2 Å². The molecule has 2 N–H and O–H groups in total. The van der Waals surface area contributed by atoms with Gasteiger partial charge in [-0.2, -0.15) is 0 Å². The minimum absolute atomic E-state index is 0.113. The number of aromatic nitrogens is 1. The van der Waals surface area contributed by atoms with Gasteiger partial charge in [0.25, 0.3) is 0 Å². The van der Waals surface area contributed by atoms with Crippen LogP contribution in [0.25, 0.3) is 10.9 Å². The van der Waals surface area contributed by atoms with Crippen molar-refractivity contribution in [1.29, 1.82) is 0 Å². The van der Waals surface area contributed by atoms with Crippen molar-refractivity contribution in [3.8, 4) is 0 Å². The smallest absolute Gasteiger partial charge is 0.223 e. The number of rotatable bonds is 12. The van der Waals surface area contributed by atoms with Crippen molar-refractivity contribution < 1.29 is 4.79 Å². The number of amides is 1. The Balaban J connectivity index is 1.50. The summed E-state index contributed by atoms with van der Waals surface area (Å²) >= 11 is 0. The molecule has 160 valence electrons. The molecule has 1 aromatic carbocycles. The molecule has 0 saturated carbocycles. The summed E-state index contributed by atoms with van der Waals surface area (Å²) in [6.45, 7) is 3.89. The molecule has 29 heavy (non-hydrogen) atoms. The van der Waals surface area contributed by atoms with E-state index in [1.807, 2.05) is 7.05 Å². The summed E-state index contributed by atoms with van der Waals surface area (Å²) in [6.07, 6.45) is 13.2. The van der Waals surface area contributed by atoms with E-state index in [9.17, 15) is 4.79 Å². The molecule has 0 aliphatic carbocycles. The van der Waals surface area contributed by atoms with E-state index in [0.717, 1.165) is 25.9 Å². The van der Waals surface area contributed by atoms with Crippen molar-refractivity contribution >= 4 is 16.8 Å². The Morgan fingerprint density at radius 1 is 1.07 bits per heavy atom. The molecule has 4 nitrogen and oxygen atoms in total. The summed E-state index contributed by atoms with van der Waals surface area (Å²) in [5.74, 6) is 0.317. The second kappa shape index (κ2) is 11.4. The fourth-order valence-corrected chi connectivity index (χ4v) is 4.75. The molecular weight excluding hydrogens is 358 g/mol. The summed E-state index contributed by atoms with van der Waals surface area (Å²) < 4.78 is 0. The van der Waals surface area contributed by atoms with Crippen LogP contribution < -0.4 is 5.32 Å². The van der Waals surface area contributed by atoms with Gasteiger partial charge in [0.1, 0.15) is 0 Å². The van der Waals surface area contributed by atoms with Gasteiger partial charge < -0.3 is 15.2 Å². The van der Waals surface area contributed by atoms with E-state index in [2.05, 4.69) is 46.4 Å². The molecule has 2 heterocycles. The number of hydrogen-bond acceptors (Lipinski definition) is 2. The van der Waals surface area contributed by atoms with Gasteiger partial charge in [0.15, 0.2) is 0 Å². The number of para-hydroxylation sites is 1. The first-order valence-electron chi connectivity index (χ1n) is 11.8. The molecule has 3 rings (SSSR count). The van der Waals surface area contributed by atoms with Crippen molar-refractivity contribution in [2.45, 2.75) is 83.6 Å². The van der Waals surface area contributed by atoms with E-state index in [0.29, 0.717) is 12.3 Å². The van der Waals surface area contributed by atoms with Crippen molar-refractivity contribution in [3.63, 3.8) is 0 Å². The second-order valence-corrected chi connectivity index (χ2v) is 8.55. The number of unbranched alkanes of at least 4 members (excludes halogenated alkanes) is 8.